The minimum Gasteiger partial charge on any atom is -0.372 e. The van der Waals surface area contributed by atoms with E-state index in [0.29, 0.717) is 16.9 Å². The van der Waals surface area contributed by atoms with Crippen LogP contribution in [0.4, 0.5) is 20.6 Å². The first-order chi connectivity index (χ1) is 17.6. The van der Waals surface area contributed by atoms with Gasteiger partial charge in [0.2, 0.25) is 23.1 Å². The number of nitrogens with one attached hydrogen (secondary N) is 2. The molecule has 3 aliphatic heterocycles. The minimum absolute atomic E-state index is 0. The van der Waals surface area contributed by atoms with Gasteiger partial charge in [-0.25, -0.2) is 19.0 Å². The first kappa shape index (κ1) is 23.3. The van der Waals surface area contributed by atoms with Gasteiger partial charge in [0.05, 0.1) is 36.2 Å². The highest BCUT2D eigenvalue weighted by atomic mass is 35.5. The minimum atomic E-state index is -1.73. The van der Waals surface area contributed by atoms with Crippen LogP contribution in [0.1, 0.15) is 21.0 Å². The number of nitrogens with zero attached hydrogens (tertiary/aromatic N) is 4. The number of rotatable bonds is 1. The summed E-state index contributed by atoms with van der Waals surface area (Å²) >= 11 is 6.85. The number of fused-ring (bicyclic) bond motifs is 5. The van der Waals surface area contributed by atoms with Gasteiger partial charge in [-0.15, -0.1) is 0 Å². The number of urea groups is 1. The summed E-state index contributed by atoms with van der Waals surface area (Å²) in [7, 11) is 0. The molecule has 0 saturated carbocycles. The van der Waals surface area contributed by atoms with E-state index in [9.17, 15) is 18.8 Å². The van der Waals surface area contributed by atoms with Gasteiger partial charge in [-0.3, -0.25) is 20.2 Å². The van der Waals surface area contributed by atoms with E-state index in [1.807, 2.05) is 11.8 Å². The van der Waals surface area contributed by atoms with E-state index in [4.69, 9.17) is 32.4 Å². The Hall–Kier alpha value is -4.08. The van der Waals surface area contributed by atoms with Gasteiger partial charge in [0.1, 0.15) is 22.1 Å². The van der Waals surface area contributed by atoms with Gasteiger partial charge in [0, 0.05) is 20.0 Å². The lowest BCUT2D eigenvalue weighted by molar-refractivity contribution is -0.153. The number of ether oxygens (including phenoxy) is 1. The zero-order chi connectivity index (χ0) is 26.2. The van der Waals surface area contributed by atoms with Crippen molar-refractivity contribution in [3.05, 3.63) is 46.2 Å². The van der Waals surface area contributed by atoms with Crippen molar-refractivity contribution < 1.29 is 29.5 Å². The molecule has 13 heteroatoms. The Morgan fingerprint density at radius 2 is 2.00 bits per heavy atom. The molecule has 2 N–H and O–H groups in total. The molecule has 0 aliphatic carbocycles. The third-order valence-electron chi connectivity index (χ3n) is 7.12. The molecule has 3 aromatic rings. The number of morpholine rings is 1. The SMILES string of the molecule is [C-]#[N+]c1ccc(-c2noc3c(Cl)c4c(nc23)CC2(C(=O)NC(=O)NC2=O)[C@H]2[C@H](C)O[C@H](C)CN42)cc1F.[HH]. The molecule has 0 bridgehead atoms. The predicted octanol–water partition coefficient (Wildman–Crippen LogP) is 3.37. The summed E-state index contributed by atoms with van der Waals surface area (Å²) in [6.45, 7) is 11.0. The number of amides is 4. The largest absolute Gasteiger partial charge is 0.372 e. The fraction of sp³-hybridized carbons (Fsp3) is 0.333. The zero-order valence-electron chi connectivity index (χ0n) is 19.5. The molecule has 190 valence electrons. The van der Waals surface area contributed by atoms with Crippen molar-refractivity contribution in [3.63, 3.8) is 0 Å². The molecule has 4 amide bonds. The first-order valence-corrected chi connectivity index (χ1v) is 11.8. The van der Waals surface area contributed by atoms with Crippen LogP contribution in [0.5, 0.6) is 0 Å². The van der Waals surface area contributed by atoms with Crippen molar-refractivity contribution in [1.82, 2.24) is 20.8 Å². The summed E-state index contributed by atoms with van der Waals surface area (Å²) in [4.78, 5) is 48.2. The van der Waals surface area contributed by atoms with E-state index in [2.05, 4.69) is 20.6 Å². The van der Waals surface area contributed by atoms with Crippen molar-refractivity contribution in [3.8, 4) is 11.3 Å². The molecule has 3 aliphatic rings. The van der Waals surface area contributed by atoms with Crippen molar-refractivity contribution in [2.45, 2.75) is 38.5 Å². The number of halogens is 2. The maximum atomic E-state index is 14.4. The average molecular weight is 527 g/mol. The van der Waals surface area contributed by atoms with Gasteiger partial charge >= 0.3 is 6.03 Å². The Kier molecular flexibility index (Phi) is 5.02. The molecular formula is C24H20ClFN6O5. The van der Waals surface area contributed by atoms with Crippen LogP contribution in [0.2, 0.25) is 5.02 Å². The van der Waals surface area contributed by atoms with Gasteiger partial charge in [-0.05, 0) is 19.9 Å². The van der Waals surface area contributed by atoms with Gasteiger partial charge in [0.15, 0.2) is 5.41 Å². The molecule has 5 heterocycles. The predicted molar refractivity (Wildman–Crippen MR) is 130 cm³/mol. The van der Waals surface area contributed by atoms with Crippen LogP contribution in [0.3, 0.4) is 0 Å². The molecule has 1 spiro atoms. The monoisotopic (exact) mass is 526 g/mol. The van der Waals surface area contributed by atoms with E-state index in [1.54, 1.807) is 6.92 Å². The molecule has 1 aromatic carbocycles. The van der Waals surface area contributed by atoms with Crippen LogP contribution in [0.15, 0.2) is 22.7 Å². The van der Waals surface area contributed by atoms with Gasteiger partial charge in [0.25, 0.3) is 0 Å². The molecule has 6 rings (SSSR count). The number of carbonyl (C=O) groups excluding carboxylic acids is 3. The molecule has 3 atom stereocenters. The third-order valence-corrected chi connectivity index (χ3v) is 7.47. The Bertz CT molecular complexity index is 1570. The van der Waals surface area contributed by atoms with E-state index >= 15 is 0 Å². The van der Waals surface area contributed by atoms with E-state index in [-0.39, 0.29) is 48.0 Å². The fourth-order valence-corrected chi connectivity index (χ4v) is 6.03. The Morgan fingerprint density at radius 3 is 2.68 bits per heavy atom. The third kappa shape index (κ3) is 3.17. The number of imide groups is 2. The lowest BCUT2D eigenvalue weighted by Gasteiger charge is -2.55. The van der Waals surface area contributed by atoms with Crippen LogP contribution >= 0.6 is 11.6 Å². The molecule has 11 nitrogen and oxygen atoms in total. The number of benzene rings is 1. The van der Waals surface area contributed by atoms with Crippen LogP contribution in [-0.4, -0.2) is 52.8 Å². The zero-order valence-corrected chi connectivity index (χ0v) is 20.2. The van der Waals surface area contributed by atoms with E-state index in [1.165, 1.54) is 12.1 Å². The Labute approximate surface area is 215 Å². The second-order valence-corrected chi connectivity index (χ2v) is 9.72. The second-order valence-electron chi connectivity index (χ2n) is 9.34. The van der Waals surface area contributed by atoms with Crippen molar-refractivity contribution in [2.24, 2.45) is 5.41 Å². The lowest BCUT2D eigenvalue weighted by atomic mass is 9.67. The van der Waals surface area contributed by atoms with Gasteiger partial charge in [-0.1, -0.05) is 28.9 Å². The molecule has 2 fully saturated rings. The van der Waals surface area contributed by atoms with Crippen LogP contribution in [0.25, 0.3) is 27.2 Å². The fourth-order valence-electron chi connectivity index (χ4n) is 5.69. The summed E-state index contributed by atoms with van der Waals surface area (Å²) in [6, 6.07) is 2.29. The molecule has 37 heavy (non-hydrogen) atoms. The van der Waals surface area contributed by atoms with Crippen LogP contribution in [0, 0.1) is 17.8 Å². The summed E-state index contributed by atoms with van der Waals surface area (Å²) in [5.41, 5.74) is -0.240. The average Bonchev–Trinajstić information content (AvgIpc) is 3.26. The second kappa shape index (κ2) is 7.96. The highest BCUT2D eigenvalue weighted by molar-refractivity contribution is 6.38. The molecule has 0 radical (unpaired) electrons. The van der Waals surface area contributed by atoms with Gasteiger partial charge < -0.3 is 14.2 Å². The number of hydrogen-bond donors (Lipinski definition) is 2. The van der Waals surface area contributed by atoms with Crippen molar-refractivity contribution in [2.75, 3.05) is 11.4 Å². The molecular weight excluding hydrogens is 507 g/mol. The highest BCUT2D eigenvalue weighted by Crippen LogP contribution is 2.50. The summed E-state index contributed by atoms with van der Waals surface area (Å²) in [6.07, 6.45) is -1.03. The molecule has 2 aromatic heterocycles. The number of pyridine rings is 1. The number of aromatic nitrogens is 2. The van der Waals surface area contributed by atoms with E-state index in [0.717, 1.165) is 6.07 Å². The van der Waals surface area contributed by atoms with Crippen molar-refractivity contribution >= 4 is 51.9 Å². The van der Waals surface area contributed by atoms with Crippen molar-refractivity contribution in [1.29, 1.82) is 0 Å². The topological polar surface area (TPSA) is 131 Å². The highest BCUT2D eigenvalue weighted by Gasteiger charge is 2.63. The number of anilines is 1. The first-order valence-electron chi connectivity index (χ1n) is 11.4. The number of hydrogen-bond acceptors (Lipinski definition) is 8. The van der Waals surface area contributed by atoms with Gasteiger partial charge in [-0.2, -0.15) is 0 Å². The molecule has 0 unspecified atom stereocenters. The lowest BCUT2D eigenvalue weighted by Crippen LogP contribution is -2.75. The Morgan fingerprint density at radius 1 is 1.27 bits per heavy atom. The standard InChI is InChI=1S/C24H18ClFN6O5.H2/c1-9-8-32-18-14(7-24(20(32)10(2)36-9)21(33)29-23(35)30-22(24)34)28-17-16(31-37-19(17)15(18)25)11-4-5-13(27-3)12(26)6-11;/h4-6,9-10,20H,7-8H2,1-2H3,(H2,29,30,33,34,35);1H/t9-,10+,20-;/m1./s1. The number of barbiturate groups is 1. The Balaban J connectivity index is 0.00000294. The summed E-state index contributed by atoms with van der Waals surface area (Å²) in [5, 5.41) is 8.67. The maximum Gasteiger partial charge on any atom is 0.328 e. The van der Waals surface area contributed by atoms with Crippen LogP contribution < -0.4 is 15.5 Å². The normalized spacial score (nSPS) is 24.4. The number of carbonyl (C=O) groups is 3. The summed E-state index contributed by atoms with van der Waals surface area (Å²) in [5.74, 6) is -2.24. The quantitative estimate of drug-likeness (QED) is 0.364. The molecule has 2 saturated heterocycles. The maximum absolute atomic E-state index is 14.4. The van der Waals surface area contributed by atoms with Crippen LogP contribution in [-0.2, 0) is 20.7 Å². The summed E-state index contributed by atoms with van der Waals surface area (Å²) < 4.78 is 25.9. The smallest absolute Gasteiger partial charge is 0.328 e. The van der Waals surface area contributed by atoms with E-state index < -0.39 is 41.2 Å².